The van der Waals surface area contributed by atoms with Crippen molar-refractivity contribution in [2.75, 3.05) is 6.54 Å². The zero-order valence-corrected chi connectivity index (χ0v) is 18.8. The second kappa shape index (κ2) is 13.5. The molecule has 6 heteroatoms. The maximum atomic E-state index is 12.2. The fraction of sp³-hybridized carbons (Fsp3) is 0.462. The van der Waals surface area contributed by atoms with E-state index in [0.29, 0.717) is 45.2 Å². The van der Waals surface area contributed by atoms with Crippen LogP contribution in [0.5, 0.6) is 0 Å². The molecule has 0 saturated heterocycles. The largest absolute Gasteiger partial charge is 0.372 e. The van der Waals surface area contributed by atoms with Gasteiger partial charge in [0, 0.05) is 25.6 Å². The number of rotatable bonds is 11. The van der Waals surface area contributed by atoms with Crippen molar-refractivity contribution in [2.45, 2.75) is 70.7 Å². The number of carbonyl (C=O) groups excluding carboxylic acids is 2. The number of hydrogen-bond acceptors (Lipinski definition) is 3. The number of urea groups is 1. The van der Waals surface area contributed by atoms with Crippen LogP contribution >= 0.6 is 0 Å². The van der Waals surface area contributed by atoms with Crippen molar-refractivity contribution < 1.29 is 14.3 Å². The second-order valence-electron chi connectivity index (χ2n) is 8.36. The summed E-state index contributed by atoms with van der Waals surface area (Å²) in [5.41, 5.74) is 3.27. The topological polar surface area (TPSA) is 79.5 Å². The van der Waals surface area contributed by atoms with Crippen molar-refractivity contribution in [3.63, 3.8) is 0 Å². The second-order valence-corrected chi connectivity index (χ2v) is 8.36. The van der Waals surface area contributed by atoms with Gasteiger partial charge in [0.1, 0.15) is 0 Å². The van der Waals surface area contributed by atoms with Gasteiger partial charge in [0.05, 0.1) is 13.2 Å². The lowest BCUT2D eigenvalue weighted by Gasteiger charge is -2.22. The maximum Gasteiger partial charge on any atom is 0.315 e. The van der Waals surface area contributed by atoms with E-state index in [9.17, 15) is 9.59 Å². The van der Waals surface area contributed by atoms with E-state index in [0.717, 1.165) is 29.5 Å². The Kier molecular flexibility index (Phi) is 10.1. The van der Waals surface area contributed by atoms with Gasteiger partial charge >= 0.3 is 6.03 Å². The first-order chi connectivity index (χ1) is 15.7. The molecule has 32 heavy (non-hydrogen) atoms. The molecule has 3 amide bonds. The lowest BCUT2D eigenvalue weighted by atomic mass is 9.96. The predicted molar refractivity (Wildman–Crippen MR) is 126 cm³/mol. The Balaban J connectivity index is 1.31. The SMILES string of the molecule is O=C(CCCNC(=O)NC1CCCCC1)NCc1ccccc1COCc1ccccc1. The normalized spacial score (nSPS) is 14.0. The van der Waals surface area contributed by atoms with Gasteiger partial charge in [-0.15, -0.1) is 0 Å². The fourth-order valence-electron chi connectivity index (χ4n) is 3.94. The molecule has 3 rings (SSSR count). The van der Waals surface area contributed by atoms with E-state index in [1.54, 1.807) is 0 Å². The van der Waals surface area contributed by atoms with E-state index < -0.39 is 0 Å². The molecule has 0 heterocycles. The molecule has 6 nitrogen and oxygen atoms in total. The Labute approximate surface area is 191 Å². The minimum atomic E-state index is -0.123. The zero-order chi connectivity index (χ0) is 22.4. The van der Waals surface area contributed by atoms with Crippen LogP contribution in [0.25, 0.3) is 0 Å². The van der Waals surface area contributed by atoms with Crippen LogP contribution in [-0.2, 0) is 29.3 Å². The minimum Gasteiger partial charge on any atom is -0.372 e. The third-order valence-electron chi connectivity index (χ3n) is 5.77. The molecule has 2 aromatic rings. The summed E-state index contributed by atoms with van der Waals surface area (Å²) in [7, 11) is 0. The van der Waals surface area contributed by atoms with Gasteiger partial charge in [-0.05, 0) is 36.0 Å². The van der Waals surface area contributed by atoms with Crippen molar-refractivity contribution >= 4 is 11.9 Å². The Hall–Kier alpha value is -2.86. The summed E-state index contributed by atoms with van der Waals surface area (Å²) in [5, 5.41) is 8.86. The quantitative estimate of drug-likeness (QED) is 0.455. The number of amides is 3. The van der Waals surface area contributed by atoms with Gasteiger partial charge in [0.25, 0.3) is 0 Å². The molecule has 0 bridgehead atoms. The molecule has 1 aliphatic carbocycles. The highest BCUT2D eigenvalue weighted by molar-refractivity contribution is 5.76. The molecule has 0 radical (unpaired) electrons. The van der Waals surface area contributed by atoms with Crippen LogP contribution < -0.4 is 16.0 Å². The smallest absolute Gasteiger partial charge is 0.315 e. The fourth-order valence-corrected chi connectivity index (χ4v) is 3.94. The van der Waals surface area contributed by atoms with Crippen LogP contribution in [0.3, 0.4) is 0 Å². The molecule has 0 aromatic heterocycles. The maximum absolute atomic E-state index is 12.2. The molecule has 3 N–H and O–H groups in total. The van der Waals surface area contributed by atoms with Gasteiger partial charge in [-0.3, -0.25) is 4.79 Å². The van der Waals surface area contributed by atoms with E-state index >= 15 is 0 Å². The first-order valence-corrected chi connectivity index (χ1v) is 11.7. The number of benzene rings is 2. The van der Waals surface area contributed by atoms with Crippen molar-refractivity contribution in [3.8, 4) is 0 Å². The van der Waals surface area contributed by atoms with Crippen LogP contribution in [0.15, 0.2) is 54.6 Å². The Bertz CT molecular complexity index is 835. The minimum absolute atomic E-state index is 0.0144. The molecule has 1 fully saturated rings. The number of carbonyl (C=O) groups is 2. The van der Waals surface area contributed by atoms with Crippen molar-refractivity contribution in [1.29, 1.82) is 0 Å². The van der Waals surface area contributed by atoms with Gasteiger partial charge in [0.15, 0.2) is 0 Å². The van der Waals surface area contributed by atoms with E-state index in [4.69, 9.17) is 4.74 Å². The van der Waals surface area contributed by atoms with Crippen molar-refractivity contribution in [1.82, 2.24) is 16.0 Å². The average Bonchev–Trinajstić information content (AvgIpc) is 2.82. The highest BCUT2D eigenvalue weighted by atomic mass is 16.5. The summed E-state index contributed by atoms with van der Waals surface area (Å²) in [4.78, 5) is 24.2. The van der Waals surface area contributed by atoms with Gasteiger partial charge in [-0.1, -0.05) is 73.9 Å². The number of hydrogen-bond donors (Lipinski definition) is 3. The van der Waals surface area contributed by atoms with E-state index in [1.165, 1.54) is 19.3 Å². The van der Waals surface area contributed by atoms with Crippen LogP contribution in [0, 0.1) is 0 Å². The van der Waals surface area contributed by atoms with Crippen LogP contribution in [0.4, 0.5) is 4.79 Å². The third-order valence-corrected chi connectivity index (χ3v) is 5.77. The molecular weight excluding hydrogens is 402 g/mol. The molecule has 0 aliphatic heterocycles. The highest BCUT2D eigenvalue weighted by Gasteiger charge is 2.15. The first-order valence-electron chi connectivity index (χ1n) is 11.7. The van der Waals surface area contributed by atoms with Gasteiger partial charge in [0.2, 0.25) is 5.91 Å². The summed E-state index contributed by atoms with van der Waals surface area (Å²) in [6.45, 7) is 2.03. The molecule has 0 unspecified atom stereocenters. The molecule has 172 valence electrons. The van der Waals surface area contributed by atoms with Crippen molar-refractivity contribution in [3.05, 3.63) is 71.3 Å². The lowest BCUT2D eigenvalue weighted by Crippen LogP contribution is -2.43. The standard InChI is InChI=1S/C26H35N3O3/c30-25(16-9-17-27-26(31)29-24-14-5-2-6-15-24)28-18-22-12-7-8-13-23(22)20-32-19-21-10-3-1-4-11-21/h1,3-4,7-8,10-13,24H,2,5-6,9,14-20H2,(H,28,30)(H2,27,29,31). The summed E-state index contributed by atoms with van der Waals surface area (Å²) < 4.78 is 5.85. The molecule has 0 spiro atoms. The van der Waals surface area contributed by atoms with E-state index in [-0.39, 0.29) is 11.9 Å². The first kappa shape index (κ1) is 23.8. The van der Waals surface area contributed by atoms with Gasteiger partial charge in [-0.25, -0.2) is 4.79 Å². The molecular formula is C26H35N3O3. The Morgan fingerprint density at radius 1 is 0.844 bits per heavy atom. The van der Waals surface area contributed by atoms with Crippen LogP contribution in [0.1, 0.15) is 61.6 Å². The van der Waals surface area contributed by atoms with Gasteiger partial charge < -0.3 is 20.7 Å². The Morgan fingerprint density at radius 3 is 2.34 bits per heavy atom. The van der Waals surface area contributed by atoms with Gasteiger partial charge in [-0.2, -0.15) is 0 Å². The monoisotopic (exact) mass is 437 g/mol. The van der Waals surface area contributed by atoms with E-state index in [2.05, 4.69) is 16.0 Å². The molecule has 1 aliphatic rings. The average molecular weight is 438 g/mol. The molecule has 2 aromatic carbocycles. The third kappa shape index (κ3) is 8.71. The van der Waals surface area contributed by atoms with Crippen molar-refractivity contribution in [2.24, 2.45) is 0 Å². The summed E-state index contributed by atoms with van der Waals surface area (Å²) in [5.74, 6) is -0.0144. The predicted octanol–water partition coefficient (Wildman–Crippen LogP) is 4.43. The summed E-state index contributed by atoms with van der Waals surface area (Å²) in [6, 6.07) is 18.2. The number of nitrogens with one attached hydrogen (secondary N) is 3. The van der Waals surface area contributed by atoms with Crippen LogP contribution in [0.2, 0.25) is 0 Å². The summed E-state index contributed by atoms with van der Waals surface area (Å²) in [6.07, 6.45) is 6.77. The van der Waals surface area contributed by atoms with Crippen LogP contribution in [-0.4, -0.2) is 24.5 Å². The summed E-state index contributed by atoms with van der Waals surface area (Å²) >= 11 is 0. The zero-order valence-electron chi connectivity index (χ0n) is 18.8. The highest BCUT2D eigenvalue weighted by Crippen LogP contribution is 2.17. The Morgan fingerprint density at radius 2 is 1.56 bits per heavy atom. The number of ether oxygens (including phenoxy) is 1. The van der Waals surface area contributed by atoms with E-state index in [1.807, 2.05) is 54.6 Å². The molecule has 0 atom stereocenters. The lowest BCUT2D eigenvalue weighted by molar-refractivity contribution is -0.121. The molecule has 1 saturated carbocycles.